The maximum atomic E-state index is 12.8. The summed E-state index contributed by atoms with van der Waals surface area (Å²) in [4.78, 5) is 12.7. The number of hydrogen-bond donors (Lipinski definition) is 1. The second-order valence-electron chi connectivity index (χ2n) is 5.90. The summed E-state index contributed by atoms with van der Waals surface area (Å²) in [6, 6.07) is 9.07. The molecule has 1 aliphatic rings. The van der Waals surface area contributed by atoms with E-state index in [1.54, 1.807) is 18.2 Å². The fourth-order valence-electron chi connectivity index (χ4n) is 2.62. The second kappa shape index (κ2) is 8.26. The summed E-state index contributed by atoms with van der Waals surface area (Å²) in [5, 5.41) is 2.71. The highest BCUT2D eigenvalue weighted by Crippen LogP contribution is 2.34. The van der Waals surface area contributed by atoms with E-state index in [0.29, 0.717) is 17.2 Å². The van der Waals surface area contributed by atoms with E-state index in [1.165, 1.54) is 32.4 Å². The van der Waals surface area contributed by atoms with Gasteiger partial charge in [-0.2, -0.15) is 4.31 Å². The number of alkyl halides is 1. The first-order valence-corrected chi connectivity index (χ1v) is 10.3. The SMILES string of the molecule is COc1ccc(S(=O)(=O)N(C)CCCl)cc1C(=O)Nc1ccc2c(c1)OCO2. The minimum atomic E-state index is -3.79. The van der Waals surface area contributed by atoms with Crippen LogP contribution in [0.5, 0.6) is 17.2 Å². The summed E-state index contributed by atoms with van der Waals surface area (Å²) in [5.41, 5.74) is 0.560. The Balaban J connectivity index is 1.90. The molecule has 3 rings (SSSR count). The van der Waals surface area contributed by atoms with Crippen LogP contribution in [0.4, 0.5) is 5.69 Å². The minimum Gasteiger partial charge on any atom is -0.496 e. The molecule has 1 N–H and O–H groups in total. The van der Waals surface area contributed by atoms with Crippen molar-refractivity contribution in [3.05, 3.63) is 42.0 Å². The van der Waals surface area contributed by atoms with E-state index in [2.05, 4.69) is 5.32 Å². The average Bonchev–Trinajstić information content (AvgIpc) is 3.15. The van der Waals surface area contributed by atoms with Crippen LogP contribution in [0.1, 0.15) is 10.4 Å². The van der Waals surface area contributed by atoms with Crippen LogP contribution in [0.3, 0.4) is 0 Å². The van der Waals surface area contributed by atoms with E-state index < -0.39 is 15.9 Å². The number of anilines is 1. The van der Waals surface area contributed by atoms with Gasteiger partial charge in [0.25, 0.3) is 5.91 Å². The summed E-state index contributed by atoms with van der Waals surface area (Å²) in [6.45, 7) is 0.269. The molecule has 150 valence electrons. The van der Waals surface area contributed by atoms with Crippen molar-refractivity contribution in [3.63, 3.8) is 0 Å². The average molecular weight is 427 g/mol. The van der Waals surface area contributed by atoms with Crippen LogP contribution in [0, 0.1) is 0 Å². The standard InChI is InChI=1S/C18H19ClN2O6S/c1-21(8-7-19)28(23,24)13-4-6-15(25-2)14(10-13)18(22)20-12-3-5-16-17(9-12)27-11-26-16/h3-6,9-10H,7-8,11H2,1-2H3,(H,20,22). The fourth-order valence-corrected chi connectivity index (χ4v) is 4.17. The van der Waals surface area contributed by atoms with Crippen LogP contribution < -0.4 is 19.5 Å². The number of nitrogens with one attached hydrogen (secondary N) is 1. The van der Waals surface area contributed by atoms with Crippen LogP contribution >= 0.6 is 11.6 Å². The molecule has 0 spiro atoms. The number of carbonyl (C=O) groups excluding carboxylic acids is 1. The number of ether oxygens (including phenoxy) is 3. The number of methoxy groups -OCH3 is 1. The Morgan fingerprint density at radius 3 is 2.68 bits per heavy atom. The highest BCUT2D eigenvalue weighted by molar-refractivity contribution is 7.89. The number of carbonyl (C=O) groups is 1. The second-order valence-corrected chi connectivity index (χ2v) is 8.32. The first-order chi connectivity index (χ1) is 13.4. The summed E-state index contributed by atoms with van der Waals surface area (Å²) in [6.07, 6.45) is 0. The topological polar surface area (TPSA) is 94.2 Å². The lowest BCUT2D eigenvalue weighted by atomic mass is 10.1. The van der Waals surface area contributed by atoms with Crippen LogP contribution in [0.15, 0.2) is 41.3 Å². The minimum absolute atomic E-state index is 0.0308. The zero-order chi connectivity index (χ0) is 20.3. The number of halogens is 1. The van der Waals surface area contributed by atoms with E-state index in [9.17, 15) is 13.2 Å². The molecule has 10 heteroatoms. The Morgan fingerprint density at radius 2 is 1.96 bits per heavy atom. The molecule has 8 nitrogen and oxygen atoms in total. The number of fused-ring (bicyclic) bond motifs is 1. The first kappa shape index (κ1) is 20.2. The van der Waals surface area contributed by atoms with Gasteiger partial charge in [-0.05, 0) is 30.3 Å². The van der Waals surface area contributed by atoms with Crippen molar-refractivity contribution in [2.24, 2.45) is 0 Å². The van der Waals surface area contributed by atoms with Crippen molar-refractivity contribution >= 4 is 33.2 Å². The third-order valence-electron chi connectivity index (χ3n) is 4.15. The molecule has 1 aliphatic heterocycles. The molecule has 1 amide bonds. The van der Waals surface area contributed by atoms with Gasteiger partial charge in [0.05, 0.1) is 17.6 Å². The smallest absolute Gasteiger partial charge is 0.259 e. The number of rotatable bonds is 7. The molecule has 1 heterocycles. The van der Waals surface area contributed by atoms with E-state index in [1.807, 2.05) is 0 Å². The predicted octanol–water partition coefficient (Wildman–Crippen LogP) is 2.54. The summed E-state index contributed by atoms with van der Waals surface area (Å²) in [7, 11) is -0.958. The molecular formula is C18H19ClN2O6S. The Labute approximate surface area is 168 Å². The molecule has 2 aromatic carbocycles. The molecule has 2 aromatic rings. The van der Waals surface area contributed by atoms with Gasteiger partial charge in [0.15, 0.2) is 11.5 Å². The maximum absolute atomic E-state index is 12.8. The summed E-state index contributed by atoms with van der Waals surface area (Å²) in [5.74, 6) is 0.989. The van der Waals surface area contributed by atoms with Crippen LogP contribution in [0.25, 0.3) is 0 Å². The van der Waals surface area contributed by atoms with E-state index in [-0.39, 0.29) is 35.4 Å². The number of hydrogen-bond acceptors (Lipinski definition) is 6. The van der Waals surface area contributed by atoms with Crippen LogP contribution in [-0.2, 0) is 10.0 Å². The zero-order valence-corrected chi connectivity index (χ0v) is 16.8. The van der Waals surface area contributed by atoms with Crippen molar-refractivity contribution in [3.8, 4) is 17.2 Å². The lowest BCUT2D eigenvalue weighted by molar-refractivity contribution is 0.102. The molecule has 0 atom stereocenters. The van der Waals surface area contributed by atoms with E-state index in [0.717, 1.165) is 4.31 Å². The first-order valence-electron chi connectivity index (χ1n) is 8.28. The molecule has 0 aliphatic carbocycles. The number of benzene rings is 2. The van der Waals surface area contributed by atoms with Gasteiger partial charge < -0.3 is 19.5 Å². The molecule has 0 fully saturated rings. The number of sulfonamides is 1. The van der Waals surface area contributed by atoms with Crippen molar-refractivity contribution in [1.82, 2.24) is 4.31 Å². The highest BCUT2D eigenvalue weighted by atomic mass is 35.5. The van der Waals surface area contributed by atoms with Crippen molar-refractivity contribution < 1.29 is 27.4 Å². The van der Waals surface area contributed by atoms with Gasteiger partial charge >= 0.3 is 0 Å². The fraction of sp³-hybridized carbons (Fsp3) is 0.278. The molecule has 0 radical (unpaired) electrons. The summed E-state index contributed by atoms with van der Waals surface area (Å²) >= 11 is 5.64. The van der Waals surface area contributed by atoms with Crippen molar-refractivity contribution in [2.75, 3.05) is 38.7 Å². The Morgan fingerprint density at radius 1 is 1.21 bits per heavy atom. The van der Waals surface area contributed by atoms with Crippen molar-refractivity contribution in [2.45, 2.75) is 4.90 Å². The molecule has 0 unspecified atom stereocenters. The van der Waals surface area contributed by atoms with Gasteiger partial charge in [0.2, 0.25) is 16.8 Å². The Kier molecular flexibility index (Phi) is 5.97. The Hall–Kier alpha value is -2.49. The highest BCUT2D eigenvalue weighted by Gasteiger charge is 2.24. The lowest BCUT2D eigenvalue weighted by Crippen LogP contribution is -2.29. The predicted molar refractivity (Wildman–Crippen MR) is 104 cm³/mol. The maximum Gasteiger partial charge on any atom is 0.259 e. The molecule has 0 saturated heterocycles. The molecule has 28 heavy (non-hydrogen) atoms. The largest absolute Gasteiger partial charge is 0.496 e. The Bertz CT molecular complexity index is 996. The molecule has 0 aromatic heterocycles. The quantitative estimate of drug-likeness (QED) is 0.684. The van der Waals surface area contributed by atoms with Gasteiger partial charge in [0.1, 0.15) is 5.75 Å². The van der Waals surface area contributed by atoms with Gasteiger partial charge in [-0.1, -0.05) is 0 Å². The van der Waals surface area contributed by atoms with Gasteiger partial charge in [-0.3, -0.25) is 4.79 Å². The number of amides is 1. The van der Waals surface area contributed by atoms with Crippen LogP contribution in [-0.4, -0.2) is 52.0 Å². The van der Waals surface area contributed by atoms with Gasteiger partial charge in [-0.15, -0.1) is 11.6 Å². The van der Waals surface area contributed by atoms with Gasteiger partial charge in [0, 0.05) is 31.2 Å². The van der Waals surface area contributed by atoms with Crippen LogP contribution in [0.2, 0.25) is 0 Å². The van der Waals surface area contributed by atoms with Crippen molar-refractivity contribution in [1.29, 1.82) is 0 Å². The number of nitrogens with zero attached hydrogens (tertiary/aromatic N) is 1. The molecular weight excluding hydrogens is 408 g/mol. The van der Waals surface area contributed by atoms with Gasteiger partial charge in [-0.25, -0.2) is 8.42 Å². The third-order valence-corrected chi connectivity index (χ3v) is 6.18. The van der Waals surface area contributed by atoms with E-state index >= 15 is 0 Å². The normalized spacial score (nSPS) is 12.9. The monoisotopic (exact) mass is 426 g/mol. The molecule has 0 bridgehead atoms. The lowest BCUT2D eigenvalue weighted by Gasteiger charge is -2.17. The summed E-state index contributed by atoms with van der Waals surface area (Å²) < 4.78 is 42.2. The van der Waals surface area contributed by atoms with E-state index in [4.69, 9.17) is 25.8 Å². The third kappa shape index (κ3) is 4.01. The zero-order valence-electron chi connectivity index (χ0n) is 15.3. The molecule has 0 saturated carbocycles.